The molecule has 1 saturated heterocycles. The minimum Gasteiger partial charge on any atom is -0.395 e. The van der Waals surface area contributed by atoms with Crippen molar-refractivity contribution in [2.45, 2.75) is 16.2 Å². The fraction of sp³-hybridized carbons (Fsp3) is 0.364. The number of aliphatic hydroxyl groups is 1. The summed E-state index contributed by atoms with van der Waals surface area (Å²) in [5, 5.41) is 10.2. The molecular formula is C22H25ClN2OS. The molecule has 0 unspecified atom stereocenters. The summed E-state index contributed by atoms with van der Waals surface area (Å²) in [6.45, 7) is -2.43. The predicted octanol–water partition coefficient (Wildman–Crippen LogP) is 4.24. The van der Waals surface area contributed by atoms with E-state index < -0.39 is 13.1 Å². The van der Waals surface area contributed by atoms with Gasteiger partial charge in [-0.25, -0.2) is 0 Å². The van der Waals surface area contributed by atoms with Gasteiger partial charge in [0.05, 0.1) is 9.30 Å². The van der Waals surface area contributed by atoms with E-state index in [0.29, 0.717) is 26.2 Å². The minimum absolute atomic E-state index is 0.377. The van der Waals surface area contributed by atoms with Gasteiger partial charge < -0.3 is 10.0 Å². The average Bonchev–Trinajstić information content (AvgIpc) is 2.73. The molecule has 0 aliphatic carbocycles. The molecule has 27 heavy (non-hydrogen) atoms. The lowest BCUT2D eigenvalue weighted by atomic mass is 9.96. The number of piperazine rings is 1. The zero-order chi connectivity index (χ0) is 22.2. The molecule has 5 heteroatoms. The average molecular weight is 405 g/mol. The van der Waals surface area contributed by atoms with Crippen molar-refractivity contribution in [1.29, 1.82) is 0 Å². The van der Waals surface area contributed by atoms with Crippen LogP contribution in [0.15, 0.2) is 58.3 Å². The number of benzene rings is 2. The van der Waals surface area contributed by atoms with Crippen molar-refractivity contribution in [2.24, 2.45) is 0 Å². The number of hydrogen-bond acceptors (Lipinski definition) is 4. The molecule has 142 valence electrons. The first kappa shape index (κ1) is 14.7. The van der Waals surface area contributed by atoms with E-state index in [1.54, 1.807) is 11.8 Å². The van der Waals surface area contributed by atoms with Crippen LogP contribution in [0.4, 0.5) is 0 Å². The summed E-state index contributed by atoms with van der Waals surface area (Å²) in [6.07, 6.45) is 3.10. The van der Waals surface area contributed by atoms with Crippen LogP contribution in [0.25, 0.3) is 5.57 Å². The SMILES string of the molecule is [2H]C([2H])(O)C([2H])([2H])N1CCN(CCC=C2c3ccccc3Sc3ccc(Cl)cc32)CC1. The Hall–Kier alpha value is -1.30. The van der Waals surface area contributed by atoms with Gasteiger partial charge >= 0.3 is 0 Å². The molecule has 0 bridgehead atoms. The Bertz CT molecular complexity index is 988. The Kier molecular flexibility index (Phi) is 4.78. The molecule has 0 amide bonds. The van der Waals surface area contributed by atoms with Crippen molar-refractivity contribution >= 4 is 28.9 Å². The predicted molar refractivity (Wildman–Crippen MR) is 114 cm³/mol. The highest BCUT2D eigenvalue weighted by Crippen LogP contribution is 2.46. The third-order valence-corrected chi connectivity index (χ3v) is 6.39. The third-order valence-electron chi connectivity index (χ3n) is 5.00. The summed E-state index contributed by atoms with van der Waals surface area (Å²) >= 11 is 8.04. The minimum atomic E-state index is -2.89. The van der Waals surface area contributed by atoms with Gasteiger partial charge in [0.25, 0.3) is 0 Å². The van der Waals surface area contributed by atoms with Crippen LogP contribution >= 0.6 is 23.4 Å². The van der Waals surface area contributed by atoms with E-state index in [1.165, 1.54) is 25.8 Å². The van der Waals surface area contributed by atoms with Crippen molar-refractivity contribution in [1.82, 2.24) is 9.80 Å². The lowest BCUT2D eigenvalue weighted by molar-refractivity contribution is 0.114. The monoisotopic (exact) mass is 404 g/mol. The van der Waals surface area contributed by atoms with Crippen molar-refractivity contribution in [3.05, 3.63) is 64.7 Å². The van der Waals surface area contributed by atoms with Gasteiger partial charge in [0, 0.05) is 56.8 Å². The Morgan fingerprint density at radius 1 is 1.04 bits per heavy atom. The Morgan fingerprint density at radius 3 is 2.59 bits per heavy atom. The van der Waals surface area contributed by atoms with Crippen LogP contribution in [0.3, 0.4) is 0 Å². The zero-order valence-corrected chi connectivity index (χ0v) is 16.6. The molecule has 0 saturated carbocycles. The maximum Gasteiger partial charge on any atom is 0.0577 e. The van der Waals surface area contributed by atoms with Crippen LogP contribution in [0.2, 0.25) is 5.02 Å². The maximum atomic E-state index is 9.51. The largest absolute Gasteiger partial charge is 0.395 e. The summed E-state index contributed by atoms with van der Waals surface area (Å²) in [6, 6.07) is 14.4. The van der Waals surface area contributed by atoms with Gasteiger partial charge in [-0.3, -0.25) is 4.90 Å². The fourth-order valence-corrected chi connectivity index (χ4v) is 4.87. The highest BCUT2D eigenvalue weighted by atomic mass is 35.5. The molecule has 1 N–H and O–H groups in total. The summed E-state index contributed by atoms with van der Waals surface area (Å²) in [4.78, 5) is 6.06. The smallest absolute Gasteiger partial charge is 0.0577 e. The van der Waals surface area contributed by atoms with Gasteiger partial charge in [0.1, 0.15) is 0 Å². The second-order valence-corrected chi connectivity index (χ2v) is 8.22. The van der Waals surface area contributed by atoms with E-state index >= 15 is 0 Å². The molecule has 4 rings (SSSR count). The molecule has 0 aromatic heterocycles. The maximum absolute atomic E-state index is 9.51. The molecule has 2 aliphatic rings. The number of hydrogen-bond donors (Lipinski definition) is 1. The first-order chi connectivity index (χ1) is 14.7. The van der Waals surface area contributed by atoms with Crippen molar-refractivity contribution in [2.75, 3.05) is 45.8 Å². The van der Waals surface area contributed by atoms with Crippen molar-refractivity contribution in [3.63, 3.8) is 0 Å². The van der Waals surface area contributed by atoms with E-state index in [2.05, 4.69) is 41.3 Å². The van der Waals surface area contributed by atoms with E-state index in [1.807, 2.05) is 12.1 Å². The molecule has 2 heterocycles. The van der Waals surface area contributed by atoms with Crippen molar-refractivity contribution < 1.29 is 10.6 Å². The van der Waals surface area contributed by atoms with Crippen LogP contribution in [0.1, 0.15) is 23.0 Å². The molecule has 3 nitrogen and oxygen atoms in total. The van der Waals surface area contributed by atoms with Crippen LogP contribution in [-0.4, -0.2) is 60.7 Å². The Labute approximate surface area is 176 Å². The number of fused-ring (bicyclic) bond motifs is 2. The summed E-state index contributed by atoms with van der Waals surface area (Å²) in [5.74, 6) is 0. The number of rotatable bonds is 5. The third kappa shape index (κ3) is 4.41. The molecular weight excluding hydrogens is 376 g/mol. The second kappa shape index (κ2) is 8.80. The fourth-order valence-electron chi connectivity index (χ4n) is 3.61. The molecule has 2 aromatic rings. The number of β-amino-alcohol motifs (C(OH)–C–C–N with tert-alkyl or cyclic N) is 1. The molecule has 0 spiro atoms. The number of nitrogens with zero attached hydrogens (tertiary/aromatic N) is 2. The zero-order valence-electron chi connectivity index (χ0n) is 19.0. The topological polar surface area (TPSA) is 26.7 Å². The number of halogens is 1. The first-order valence-electron chi connectivity index (χ1n) is 11.1. The van der Waals surface area contributed by atoms with Gasteiger partial charge in [0.2, 0.25) is 0 Å². The standard InChI is InChI=1S/C22H25ClN2OS/c23-17-7-8-22-20(16-17)18(19-4-1-2-6-21(19)27-22)5-3-9-24-10-12-25(13-11-24)14-15-26/h1-2,4-8,16,26H,3,9-15H2/i14D2,15D2. The normalized spacial score (nSPS) is 22.4. The highest BCUT2D eigenvalue weighted by Gasteiger charge is 2.21. The van der Waals surface area contributed by atoms with Gasteiger partial charge in [-0.1, -0.05) is 47.6 Å². The van der Waals surface area contributed by atoms with E-state index in [9.17, 15) is 5.11 Å². The highest BCUT2D eigenvalue weighted by molar-refractivity contribution is 7.99. The van der Waals surface area contributed by atoms with E-state index in [-0.39, 0.29) is 0 Å². The Balaban J connectivity index is 1.44. The van der Waals surface area contributed by atoms with E-state index in [4.69, 9.17) is 17.1 Å². The Morgan fingerprint density at radius 2 is 1.78 bits per heavy atom. The molecule has 0 atom stereocenters. The quantitative estimate of drug-likeness (QED) is 0.688. The van der Waals surface area contributed by atoms with Gasteiger partial charge in [-0.05, 0) is 47.4 Å². The van der Waals surface area contributed by atoms with Crippen LogP contribution in [0.5, 0.6) is 0 Å². The molecule has 2 aromatic carbocycles. The summed E-state index contributed by atoms with van der Waals surface area (Å²) < 4.78 is 30.5. The lowest BCUT2D eigenvalue weighted by Gasteiger charge is -2.34. The van der Waals surface area contributed by atoms with Gasteiger partial charge in [-0.2, -0.15) is 0 Å². The van der Waals surface area contributed by atoms with Crippen LogP contribution in [-0.2, 0) is 0 Å². The van der Waals surface area contributed by atoms with Gasteiger partial charge in [-0.15, -0.1) is 0 Å². The lowest BCUT2D eigenvalue weighted by Crippen LogP contribution is -2.47. The molecule has 1 fully saturated rings. The first-order valence-corrected chi connectivity index (χ1v) is 10.3. The van der Waals surface area contributed by atoms with Crippen molar-refractivity contribution in [3.8, 4) is 0 Å². The summed E-state index contributed by atoms with van der Waals surface area (Å²) in [5.41, 5.74) is 3.56. The molecule has 2 aliphatic heterocycles. The second-order valence-electron chi connectivity index (χ2n) is 6.70. The van der Waals surface area contributed by atoms with E-state index in [0.717, 1.165) is 23.6 Å². The molecule has 0 radical (unpaired) electrons. The van der Waals surface area contributed by atoms with Crippen LogP contribution < -0.4 is 0 Å². The summed E-state index contributed by atoms with van der Waals surface area (Å²) in [7, 11) is 0. The van der Waals surface area contributed by atoms with Crippen LogP contribution in [0, 0.1) is 0 Å². The van der Waals surface area contributed by atoms with Gasteiger partial charge in [0.15, 0.2) is 0 Å².